The Morgan fingerprint density at radius 2 is 1.74 bits per heavy atom. The van der Waals surface area contributed by atoms with Gasteiger partial charge in [0.15, 0.2) is 0 Å². The van der Waals surface area contributed by atoms with Gasteiger partial charge in [-0.1, -0.05) is 35.9 Å². The van der Waals surface area contributed by atoms with E-state index < -0.39 is 0 Å². The van der Waals surface area contributed by atoms with Crippen LogP contribution >= 0.6 is 22.9 Å². The zero-order valence-electron chi connectivity index (χ0n) is 17.6. The van der Waals surface area contributed by atoms with Crippen molar-refractivity contribution in [1.82, 2.24) is 20.0 Å². The molecular weight excluding hydrogens is 432 g/mol. The van der Waals surface area contributed by atoms with Crippen LogP contribution in [0.15, 0.2) is 41.8 Å². The van der Waals surface area contributed by atoms with Crippen LogP contribution in [-0.2, 0) is 4.79 Å². The Kier molecular flexibility index (Phi) is 7.61. The molecule has 166 valence electrons. The van der Waals surface area contributed by atoms with Gasteiger partial charge < -0.3 is 10.2 Å². The van der Waals surface area contributed by atoms with Crippen molar-refractivity contribution in [2.75, 3.05) is 52.4 Å². The van der Waals surface area contributed by atoms with Crippen molar-refractivity contribution in [1.29, 1.82) is 0 Å². The second-order valence-electron chi connectivity index (χ2n) is 8.13. The lowest BCUT2D eigenvalue weighted by molar-refractivity contribution is -0.122. The molecule has 0 aliphatic carbocycles. The molecule has 31 heavy (non-hydrogen) atoms. The van der Waals surface area contributed by atoms with Crippen LogP contribution < -0.4 is 5.32 Å². The maximum atomic E-state index is 12.7. The first-order valence-electron chi connectivity index (χ1n) is 10.9. The SMILES string of the molecule is O=C(CN1CCN(C(=O)c2cccs2)CC1)NCC(c1ccccc1Cl)N1CCCC1. The smallest absolute Gasteiger partial charge is 0.264 e. The molecule has 8 heteroatoms. The highest BCUT2D eigenvalue weighted by atomic mass is 35.5. The predicted molar refractivity (Wildman–Crippen MR) is 125 cm³/mol. The number of piperazine rings is 1. The molecule has 4 rings (SSSR count). The number of thiophene rings is 1. The highest BCUT2D eigenvalue weighted by Gasteiger charge is 2.27. The predicted octanol–water partition coefficient (Wildman–Crippen LogP) is 3.11. The van der Waals surface area contributed by atoms with Gasteiger partial charge in [-0.15, -0.1) is 11.3 Å². The number of hydrogen-bond donors (Lipinski definition) is 1. The quantitative estimate of drug-likeness (QED) is 0.689. The maximum Gasteiger partial charge on any atom is 0.264 e. The van der Waals surface area contributed by atoms with E-state index in [1.165, 1.54) is 24.2 Å². The molecule has 0 radical (unpaired) electrons. The number of nitrogens with zero attached hydrogens (tertiary/aromatic N) is 3. The van der Waals surface area contributed by atoms with Gasteiger partial charge in [-0.3, -0.25) is 19.4 Å². The number of hydrogen-bond acceptors (Lipinski definition) is 5. The van der Waals surface area contributed by atoms with E-state index in [0.29, 0.717) is 39.3 Å². The monoisotopic (exact) mass is 460 g/mol. The van der Waals surface area contributed by atoms with Crippen LogP contribution in [0.25, 0.3) is 0 Å². The Hall–Kier alpha value is -1.93. The molecule has 2 aromatic rings. The Bertz CT molecular complexity index is 877. The number of carbonyl (C=O) groups excluding carboxylic acids is 2. The topological polar surface area (TPSA) is 55.9 Å². The molecule has 6 nitrogen and oxygen atoms in total. The van der Waals surface area contributed by atoms with E-state index in [2.05, 4.69) is 21.2 Å². The standard InChI is InChI=1S/C23H29ClN4O2S/c24-19-7-2-1-6-18(19)20(27-9-3-4-10-27)16-25-22(29)17-26-11-13-28(14-12-26)23(30)21-8-5-15-31-21/h1-2,5-8,15,20H,3-4,9-14,16-17H2,(H,25,29). The molecule has 0 bridgehead atoms. The van der Waals surface area contributed by atoms with Crippen molar-refractivity contribution >= 4 is 34.8 Å². The van der Waals surface area contributed by atoms with Crippen molar-refractivity contribution in [3.8, 4) is 0 Å². The third-order valence-corrected chi connectivity index (χ3v) is 7.30. The zero-order chi connectivity index (χ0) is 21.6. The highest BCUT2D eigenvalue weighted by Crippen LogP contribution is 2.29. The highest BCUT2D eigenvalue weighted by molar-refractivity contribution is 7.12. The first kappa shape index (κ1) is 22.3. The summed E-state index contributed by atoms with van der Waals surface area (Å²) in [6.07, 6.45) is 2.37. The van der Waals surface area contributed by atoms with Gasteiger partial charge in [0.25, 0.3) is 5.91 Å². The number of amides is 2. The molecule has 2 fully saturated rings. The van der Waals surface area contributed by atoms with E-state index in [9.17, 15) is 9.59 Å². The Labute approximate surface area is 192 Å². The average Bonchev–Trinajstić information content (AvgIpc) is 3.50. The summed E-state index contributed by atoms with van der Waals surface area (Å²) in [5.41, 5.74) is 1.08. The summed E-state index contributed by atoms with van der Waals surface area (Å²) in [5.74, 6) is 0.113. The van der Waals surface area contributed by atoms with E-state index in [1.807, 2.05) is 40.6 Å². The van der Waals surface area contributed by atoms with Crippen LogP contribution in [0.3, 0.4) is 0 Å². The molecular formula is C23H29ClN4O2S. The Morgan fingerprint density at radius 1 is 1.00 bits per heavy atom. The number of likely N-dealkylation sites (tertiary alicyclic amines) is 1. The summed E-state index contributed by atoms with van der Waals surface area (Å²) < 4.78 is 0. The fraction of sp³-hybridized carbons (Fsp3) is 0.478. The summed E-state index contributed by atoms with van der Waals surface area (Å²) >= 11 is 7.94. The summed E-state index contributed by atoms with van der Waals surface area (Å²) in [4.78, 5) is 32.3. The molecule has 3 heterocycles. The lowest BCUT2D eigenvalue weighted by Crippen LogP contribution is -2.51. The van der Waals surface area contributed by atoms with Gasteiger partial charge in [0.1, 0.15) is 0 Å². The fourth-order valence-electron chi connectivity index (χ4n) is 4.37. The van der Waals surface area contributed by atoms with E-state index in [1.54, 1.807) is 0 Å². The summed E-state index contributed by atoms with van der Waals surface area (Å²) in [6, 6.07) is 11.8. The second-order valence-corrected chi connectivity index (χ2v) is 9.49. The van der Waals surface area contributed by atoms with Crippen LogP contribution in [0.5, 0.6) is 0 Å². The van der Waals surface area contributed by atoms with Crippen LogP contribution in [-0.4, -0.2) is 78.9 Å². The molecule has 2 aliphatic rings. The molecule has 1 N–H and O–H groups in total. The van der Waals surface area contributed by atoms with Gasteiger partial charge in [-0.25, -0.2) is 0 Å². The third-order valence-electron chi connectivity index (χ3n) is 6.10. The van der Waals surface area contributed by atoms with Crippen LogP contribution in [0.2, 0.25) is 5.02 Å². The van der Waals surface area contributed by atoms with Gasteiger partial charge in [-0.2, -0.15) is 0 Å². The molecule has 1 aromatic carbocycles. The van der Waals surface area contributed by atoms with Gasteiger partial charge in [0.05, 0.1) is 17.5 Å². The normalized spacial score (nSPS) is 18.8. The van der Waals surface area contributed by atoms with Crippen LogP contribution in [0, 0.1) is 0 Å². The summed E-state index contributed by atoms with van der Waals surface area (Å²) in [5, 5.41) is 5.80. The minimum Gasteiger partial charge on any atom is -0.353 e. The minimum atomic E-state index is 0.0225. The van der Waals surface area contributed by atoms with Crippen molar-refractivity contribution in [3.05, 3.63) is 57.2 Å². The van der Waals surface area contributed by atoms with Crippen molar-refractivity contribution in [2.45, 2.75) is 18.9 Å². The molecule has 2 aliphatic heterocycles. The van der Waals surface area contributed by atoms with E-state index in [4.69, 9.17) is 11.6 Å². The lowest BCUT2D eigenvalue weighted by atomic mass is 10.1. The number of benzene rings is 1. The van der Waals surface area contributed by atoms with Crippen LogP contribution in [0.4, 0.5) is 0 Å². The number of nitrogens with one attached hydrogen (secondary N) is 1. The van der Waals surface area contributed by atoms with Gasteiger partial charge in [-0.05, 0) is 49.0 Å². The largest absolute Gasteiger partial charge is 0.353 e. The Morgan fingerprint density at radius 3 is 2.42 bits per heavy atom. The van der Waals surface area contributed by atoms with Gasteiger partial charge >= 0.3 is 0 Å². The lowest BCUT2D eigenvalue weighted by Gasteiger charge is -2.34. The summed E-state index contributed by atoms with van der Waals surface area (Å²) in [6.45, 7) is 5.71. The van der Waals surface area contributed by atoms with Gasteiger partial charge in [0, 0.05) is 37.7 Å². The third kappa shape index (κ3) is 5.66. The molecule has 0 saturated carbocycles. The molecule has 1 atom stereocenters. The van der Waals surface area contributed by atoms with E-state index in [0.717, 1.165) is 28.6 Å². The average molecular weight is 461 g/mol. The summed E-state index contributed by atoms with van der Waals surface area (Å²) in [7, 11) is 0. The first-order valence-corrected chi connectivity index (χ1v) is 12.2. The zero-order valence-corrected chi connectivity index (χ0v) is 19.2. The van der Waals surface area contributed by atoms with Crippen LogP contribution in [0.1, 0.15) is 34.1 Å². The van der Waals surface area contributed by atoms with Crippen molar-refractivity contribution in [2.24, 2.45) is 0 Å². The minimum absolute atomic E-state index is 0.0225. The number of carbonyl (C=O) groups is 2. The molecule has 1 aromatic heterocycles. The first-order chi connectivity index (χ1) is 15.1. The number of rotatable bonds is 7. The molecule has 1 unspecified atom stereocenters. The number of halogens is 1. The van der Waals surface area contributed by atoms with Crippen molar-refractivity contribution < 1.29 is 9.59 Å². The molecule has 2 amide bonds. The van der Waals surface area contributed by atoms with Gasteiger partial charge in [0.2, 0.25) is 5.91 Å². The second kappa shape index (κ2) is 10.6. The Balaban J connectivity index is 1.27. The fourth-order valence-corrected chi connectivity index (χ4v) is 5.32. The maximum absolute atomic E-state index is 12.7. The molecule has 0 spiro atoms. The van der Waals surface area contributed by atoms with E-state index >= 15 is 0 Å². The van der Waals surface area contributed by atoms with E-state index in [-0.39, 0.29) is 17.9 Å². The van der Waals surface area contributed by atoms with Crippen molar-refractivity contribution in [3.63, 3.8) is 0 Å². The molecule has 2 saturated heterocycles.